The minimum atomic E-state index is -0.0693. The Balaban J connectivity index is 1.38. The van der Waals surface area contributed by atoms with E-state index in [9.17, 15) is 4.79 Å². The first kappa shape index (κ1) is 18.4. The van der Waals surface area contributed by atoms with E-state index >= 15 is 0 Å². The van der Waals surface area contributed by atoms with E-state index in [1.54, 1.807) is 18.4 Å². The van der Waals surface area contributed by atoms with Crippen molar-refractivity contribution >= 4 is 34.4 Å². The molecule has 0 aliphatic heterocycles. The molecule has 0 unspecified atom stereocenters. The molecule has 0 bridgehead atoms. The van der Waals surface area contributed by atoms with Crippen molar-refractivity contribution in [1.29, 1.82) is 0 Å². The molecule has 0 saturated heterocycles. The number of fused-ring (bicyclic) bond motifs is 1. The van der Waals surface area contributed by atoms with E-state index < -0.39 is 0 Å². The van der Waals surface area contributed by atoms with Gasteiger partial charge < -0.3 is 10.1 Å². The molecule has 1 aromatic carbocycles. The SMILES string of the molecule is COc1ccc(-c2n[nH]c(=S)n2CCC(=O)NCc2cn3ccsc3n2)cc1. The first-order valence-electron chi connectivity index (χ1n) is 8.61. The Morgan fingerprint density at radius 2 is 2.18 bits per heavy atom. The van der Waals surface area contributed by atoms with Crippen molar-refractivity contribution < 1.29 is 9.53 Å². The Bertz CT molecular complexity index is 1130. The fourth-order valence-electron chi connectivity index (χ4n) is 2.84. The molecule has 0 aliphatic rings. The van der Waals surface area contributed by atoms with Crippen molar-refractivity contribution in [2.24, 2.45) is 0 Å². The number of hydrogen-bond acceptors (Lipinski definition) is 6. The van der Waals surface area contributed by atoms with Crippen LogP contribution in [0, 0.1) is 4.77 Å². The van der Waals surface area contributed by atoms with Gasteiger partial charge >= 0.3 is 0 Å². The van der Waals surface area contributed by atoms with Crippen LogP contribution >= 0.6 is 23.6 Å². The number of aromatic nitrogens is 5. The molecule has 10 heteroatoms. The second-order valence-electron chi connectivity index (χ2n) is 6.08. The topological polar surface area (TPSA) is 89.2 Å². The lowest BCUT2D eigenvalue weighted by Gasteiger charge is -2.08. The van der Waals surface area contributed by atoms with Crippen LogP contribution in [0.2, 0.25) is 0 Å². The van der Waals surface area contributed by atoms with Crippen molar-refractivity contribution in [3.05, 3.63) is 52.5 Å². The van der Waals surface area contributed by atoms with Crippen LogP contribution < -0.4 is 10.1 Å². The Kier molecular flexibility index (Phi) is 5.22. The average molecular weight is 415 g/mol. The Morgan fingerprint density at radius 1 is 1.36 bits per heavy atom. The van der Waals surface area contributed by atoms with E-state index in [2.05, 4.69) is 20.5 Å². The number of thiazole rings is 1. The molecular weight excluding hydrogens is 396 g/mol. The summed E-state index contributed by atoms with van der Waals surface area (Å²) < 4.78 is 9.43. The highest BCUT2D eigenvalue weighted by atomic mass is 32.1. The third kappa shape index (κ3) is 3.82. The van der Waals surface area contributed by atoms with Gasteiger partial charge in [0.05, 0.1) is 19.3 Å². The molecule has 2 N–H and O–H groups in total. The fourth-order valence-corrected chi connectivity index (χ4v) is 3.78. The van der Waals surface area contributed by atoms with Gasteiger partial charge in [0.1, 0.15) is 5.75 Å². The van der Waals surface area contributed by atoms with Crippen LogP contribution in [0.15, 0.2) is 42.0 Å². The van der Waals surface area contributed by atoms with Gasteiger partial charge in [-0.05, 0) is 36.5 Å². The number of aromatic amines is 1. The predicted molar refractivity (Wildman–Crippen MR) is 109 cm³/mol. The summed E-state index contributed by atoms with van der Waals surface area (Å²) in [4.78, 5) is 17.6. The lowest BCUT2D eigenvalue weighted by molar-refractivity contribution is -0.121. The molecule has 4 aromatic rings. The molecule has 0 radical (unpaired) electrons. The lowest BCUT2D eigenvalue weighted by Crippen LogP contribution is -2.24. The molecule has 0 aliphatic carbocycles. The van der Waals surface area contributed by atoms with Crippen LogP contribution in [0.5, 0.6) is 5.75 Å². The highest BCUT2D eigenvalue weighted by Crippen LogP contribution is 2.21. The number of benzene rings is 1. The van der Waals surface area contributed by atoms with Gasteiger partial charge in [-0.15, -0.1) is 11.3 Å². The van der Waals surface area contributed by atoms with Crippen LogP contribution in [0.1, 0.15) is 12.1 Å². The van der Waals surface area contributed by atoms with Gasteiger partial charge in [0.2, 0.25) is 5.91 Å². The zero-order valence-electron chi connectivity index (χ0n) is 15.1. The van der Waals surface area contributed by atoms with Crippen molar-refractivity contribution in [2.45, 2.75) is 19.5 Å². The number of amides is 1. The van der Waals surface area contributed by atoms with E-state index in [0.29, 0.717) is 30.1 Å². The molecule has 0 saturated carbocycles. The molecule has 1 amide bonds. The number of imidazole rings is 1. The second-order valence-corrected chi connectivity index (χ2v) is 7.34. The summed E-state index contributed by atoms with van der Waals surface area (Å²) in [6.07, 6.45) is 4.15. The summed E-state index contributed by atoms with van der Waals surface area (Å²) in [5.41, 5.74) is 1.73. The van der Waals surface area contributed by atoms with Crippen LogP contribution in [0.4, 0.5) is 0 Å². The van der Waals surface area contributed by atoms with Crippen LogP contribution in [0.25, 0.3) is 16.3 Å². The summed E-state index contributed by atoms with van der Waals surface area (Å²) in [7, 11) is 1.62. The monoisotopic (exact) mass is 414 g/mol. The summed E-state index contributed by atoms with van der Waals surface area (Å²) in [6.45, 7) is 0.830. The Hall–Kier alpha value is -2.98. The zero-order chi connectivity index (χ0) is 19.5. The van der Waals surface area contributed by atoms with Crippen molar-refractivity contribution in [3.8, 4) is 17.1 Å². The number of carbonyl (C=O) groups is 1. The molecule has 3 heterocycles. The molecule has 0 spiro atoms. The van der Waals surface area contributed by atoms with Gasteiger partial charge in [0, 0.05) is 36.3 Å². The largest absolute Gasteiger partial charge is 0.497 e. The summed E-state index contributed by atoms with van der Waals surface area (Å²) >= 11 is 6.88. The summed E-state index contributed by atoms with van der Waals surface area (Å²) in [5.74, 6) is 1.39. The first-order valence-corrected chi connectivity index (χ1v) is 9.90. The third-order valence-corrected chi connectivity index (χ3v) is 5.36. The highest BCUT2D eigenvalue weighted by Gasteiger charge is 2.11. The fraction of sp³-hybridized carbons (Fsp3) is 0.222. The van der Waals surface area contributed by atoms with Crippen LogP contribution in [-0.2, 0) is 17.9 Å². The van der Waals surface area contributed by atoms with Gasteiger partial charge in [-0.3, -0.25) is 18.9 Å². The van der Waals surface area contributed by atoms with E-state index in [0.717, 1.165) is 22.0 Å². The van der Waals surface area contributed by atoms with E-state index in [1.807, 2.05) is 51.0 Å². The van der Waals surface area contributed by atoms with Crippen molar-refractivity contribution in [1.82, 2.24) is 29.5 Å². The molecule has 0 atom stereocenters. The molecule has 144 valence electrons. The minimum absolute atomic E-state index is 0.0693. The standard InChI is InChI=1S/C18H18N6O2S2/c1-26-14-4-2-12(3-5-14)16-21-22-17(27)24(16)7-6-15(25)19-10-13-11-23-8-9-28-18(23)20-13/h2-5,8-9,11H,6-7,10H2,1H3,(H,19,25)(H,22,27). The highest BCUT2D eigenvalue weighted by molar-refractivity contribution is 7.71. The Labute approximate surface area is 169 Å². The number of carbonyl (C=O) groups excluding carboxylic acids is 1. The molecular formula is C18H18N6O2S2. The zero-order valence-corrected chi connectivity index (χ0v) is 16.7. The van der Waals surface area contributed by atoms with Crippen molar-refractivity contribution in [3.63, 3.8) is 0 Å². The smallest absolute Gasteiger partial charge is 0.222 e. The lowest BCUT2D eigenvalue weighted by atomic mass is 10.2. The number of rotatable bonds is 7. The number of H-pyrrole nitrogens is 1. The number of nitrogens with one attached hydrogen (secondary N) is 2. The molecule has 4 rings (SSSR count). The molecule has 3 aromatic heterocycles. The number of ether oxygens (including phenoxy) is 1. The summed E-state index contributed by atoms with van der Waals surface area (Å²) in [5, 5.41) is 12.0. The van der Waals surface area contributed by atoms with Crippen LogP contribution in [-0.4, -0.2) is 37.2 Å². The number of nitrogens with zero attached hydrogens (tertiary/aromatic N) is 4. The normalized spacial score (nSPS) is 11.0. The maximum atomic E-state index is 12.3. The third-order valence-electron chi connectivity index (χ3n) is 4.28. The number of hydrogen-bond donors (Lipinski definition) is 2. The maximum Gasteiger partial charge on any atom is 0.222 e. The average Bonchev–Trinajstić information content (AvgIpc) is 3.40. The molecule has 28 heavy (non-hydrogen) atoms. The van der Waals surface area contributed by atoms with E-state index in [1.165, 1.54) is 0 Å². The summed E-state index contributed by atoms with van der Waals surface area (Å²) in [6, 6.07) is 7.54. The van der Waals surface area contributed by atoms with Gasteiger partial charge in [0.25, 0.3) is 0 Å². The van der Waals surface area contributed by atoms with Gasteiger partial charge in [0.15, 0.2) is 15.6 Å². The van der Waals surface area contributed by atoms with E-state index in [-0.39, 0.29) is 5.91 Å². The predicted octanol–water partition coefficient (Wildman–Crippen LogP) is 3.03. The van der Waals surface area contributed by atoms with Gasteiger partial charge in [-0.25, -0.2) is 4.98 Å². The number of methoxy groups -OCH3 is 1. The van der Waals surface area contributed by atoms with Gasteiger partial charge in [-0.1, -0.05) is 0 Å². The first-order chi connectivity index (χ1) is 13.6. The maximum absolute atomic E-state index is 12.3. The second kappa shape index (κ2) is 7.95. The van der Waals surface area contributed by atoms with Crippen LogP contribution in [0.3, 0.4) is 0 Å². The Morgan fingerprint density at radius 3 is 2.93 bits per heavy atom. The minimum Gasteiger partial charge on any atom is -0.497 e. The molecule has 8 nitrogen and oxygen atoms in total. The van der Waals surface area contributed by atoms with Gasteiger partial charge in [-0.2, -0.15) is 5.10 Å². The van der Waals surface area contributed by atoms with Crippen molar-refractivity contribution in [2.75, 3.05) is 7.11 Å². The van der Waals surface area contributed by atoms with E-state index in [4.69, 9.17) is 17.0 Å². The molecule has 0 fully saturated rings. The quantitative estimate of drug-likeness (QED) is 0.454.